The van der Waals surface area contributed by atoms with Gasteiger partial charge in [-0.25, -0.2) is 0 Å². The zero-order chi connectivity index (χ0) is 11.5. The van der Waals surface area contributed by atoms with E-state index in [0.717, 1.165) is 45.6 Å². The summed E-state index contributed by atoms with van der Waals surface area (Å²) >= 11 is 0. The van der Waals surface area contributed by atoms with Crippen molar-refractivity contribution in [2.75, 3.05) is 40.4 Å². The molecule has 0 aromatic rings. The Kier molecular flexibility index (Phi) is 9.84. The van der Waals surface area contributed by atoms with Crippen LogP contribution in [0.25, 0.3) is 0 Å². The minimum absolute atomic E-state index is 0.826. The first-order chi connectivity index (χ1) is 7.24. The first kappa shape index (κ1) is 14.6. The van der Waals surface area contributed by atoms with Crippen LogP contribution in [0, 0.1) is 0 Å². The van der Waals surface area contributed by atoms with E-state index in [4.69, 9.17) is 4.74 Å². The average molecular weight is 214 g/mol. The van der Waals surface area contributed by atoms with Crippen molar-refractivity contribution < 1.29 is 4.74 Å². The summed E-state index contributed by atoms with van der Waals surface area (Å²) in [6.07, 6.45) is 3.29. The van der Waals surface area contributed by atoms with Gasteiger partial charge in [0, 0.05) is 39.1 Å². The van der Waals surface area contributed by atoms with E-state index in [9.17, 15) is 0 Å². The molecule has 0 N–H and O–H groups in total. The van der Waals surface area contributed by atoms with Gasteiger partial charge in [0.05, 0.1) is 0 Å². The summed E-state index contributed by atoms with van der Waals surface area (Å²) in [5, 5.41) is 0. The molecule has 90 valence electrons. The van der Waals surface area contributed by atoms with Gasteiger partial charge in [0.25, 0.3) is 0 Å². The van der Waals surface area contributed by atoms with Crippen LogP contribution in [0.5, 0.6) is 0 Å². The molecule has 0 aromatic carbocycles. The van der Waals surface area contributed by atoms with Crippen LogP contribution in [0.2, 0.25) is 0 Å². The highest BCUT2D eigenvalue weighted by molar-refractivity contribution is 5.84. The SMILES string of the molecule is CCOCCCN(C)CC/C(CC)=N/C. The van der Waals surface area contributed by atoms with Crippen molar-refractivity contribution in [3.63, 3.8) is 0 Å². The highest BCUT2D eigenvalue weighted by Crippen LogP contribution is 1.96. The topological polar surface area (TPSA) is 24.8 Å². The van der Waals surface area contributed by atoms with Gasteiger partial charge in [-0.2, -0.15) is 0 Å². The number of hydrogen-bond acceptors (Lipinski definition) is 3. The lowest BCUT2D eigenvalue weighted by atomic mass is 10.2. The van der Waals surface area contributed by atoms with Crippen LogP contribution in [0.4, 0.5) is 0 Å². The van der Waals surface area contributed by atoms with Crippen LogP contribution < -0.4 is 0 Å². The third-order valence-electron chi connectivity index (χ3n) is 2.54. The molecule has 0 fully saturated rings. The Bertz CT molecular complexity index is 169. The third-order valence-corrected chi connectivity index (χ3v) is 2.54. The molecule has 15 heavy (non-hydrogen) atoms. The summed E-state index contributed by atoms with van der Waals surface area (Å²) in [5.41, 5.74) is 1.31. The fraction of sp³-hybridized carbons (Fsp3) is 0.917. The van der Waals surface area contributed by atoms with E-state index in [1.165, 1.54) is 5.71 Å². The van der Waals surface area contributed by atoms with Gasteiger partial charge in [0.2, 0.25) is 0 Å². The molecule has 3 nitrogen and oxygen atoms in total. The van der Waals surface area contributed by atoms with Crippen LogP contribution in [0.15, 0.2) is 4.99 Å². The maximum Gasteiger partial charge on any atom is 0.0478 e. The maximum absolute atomic E-state index is 5.30. The van der Waals surface area contributed by atoms with Gasteiger partial charge in [-0.05, 0) is 33.2 Å². The lowest BCUT2D eigenvalue weighted by Gasteiger charge is -2.16. The van der Waals surface area contributed by atoms with Crippen molar-refractivity contribution in [2.45, 2.75) is 33.1 Å². The number of nitrogens with zero attached hydrogens (tertiary/aromatic N) is 2. The second-order valence-corrected chi connectivity index (χ2v) is 3.75. The molecule has 0 heterocycles. The Morgan fingerprint density at radius 3 is 2.53 bits per heavy atom. The van der Waals surface area contributed by atoms with Crippen LogP contribution in [0.1, 0.15) is 33.1 Å². The summed E-state index contributed by atoms with van der Waals surface area (Å²) in [5.74, 6) is 0. The number of rotatable bonds is 9. The Labute approximate surface area is 94.5 Å². The molecule has 0 radical (unpaired) electrons. The largest absolute Gasteiger partial charge is 0.382 e. The van der Waals surface area contributed by atoms with E-state index in [-0.39, 0.29) is 0 Å². The summed E-state index contributed by atoms with van der Waals surface area (Å²) in [4.78, 5) is 6.60. The average Bonchev–Trinajstić information content (AvgIpc) is 2.26. The molecule has 0 aliphatic heterocycles. The molecule has 0 aromatic heterocycles. The van der Waals surface area contributed by atoms with Crippen LogP contribution in [-0.4, -0.2) is 51.0 Å². The lowest BCUT2D eigenvalue weighted by molar-refractivity contribution is 0.136. The Morgan fingerprint density at radius 1 is 1.27 bits per heavy atom. The fourth-order valence-electron chi connectivity index (χ4n) is 1.46. The molecule has 0 amide bonds. The van der Waals surface area contributed by atoms with Gasteiger partial charge < -0.3 is 9.64 Å². The van der Waals surface area contributed by atoms with Gasteiger partial charge in [-0.1, -0.05) is 6.92 Å². The van der Waals surface area contributed by atoms with Crippen molar-refractivity contribution in [1.82, 2.24) is 4.90 Å². The molecule has 0 aliphatic rings. The zero-order valence-corrected chi connectivity index (χ0v) is 10.8. The van der Waals surface area contributed by atoms with Crippen molar-refractivity contribution in [3.05, 3.63) is 0 Å². The van der Waals surface area contributed by atoms with Gasteiger partial charge in [0.15, 0.2) is 0 Å². The molecule has 0 saturated carbocycles. The molecule has 0 spiro atoms. The monoisotopic (exact) mass is 214 g/mol. The summed E-state index contributed by atoms with van der Waals surface area (Å²) in [7, 11) is 4.04. The van der Waals surface area contributed by atoms with Crippen LogP contribution in [-0.2, 0) is 4.74 Å². The first-order valence-corrected chi connectivity index (χ1v) is 5.95. The molecule has 0 bridgehead atoms. The van der Waals surface area contributed by atoms with Gasteiger partial charge >= 0.3 is 0 Å². The summed E-state index contributed by atoms with van der Waals surface area (Å²) in [6, 6.07) is 0. The van der Waals surface area contributed by atoms with E-state index < -0.39 is 0 Å². The molecule has 0 saturated heterocycles. The molecule has 3 heteroatoms. The zero-order valence-electron chi connectivity index (χ0n) is 10.8. The lowest BCUT2D eigenvalue weighted by Crippen LogP contribution is -2.23. The number of ether oxygens (including phenoxy) is 1. The molecular weight excluding hydrogens is 188 g/mol. The summed E-state index contributed by atoms with van der Waals surface area (Å²) in [6.45, 7) is 8.12. The van der Waals surface area contributed by atoms with E-state index in [1.54, 1.807) is 0 Å². The van der Waals surface area contributed by atoms with Crippen LogP contribution >= 0.6 is 0 Å². The van der Waals surface area contributed by atoms with Crippen molar-refractivity contribution in [3.8, 4) is 0 Å². The molecule has 0 unspecified atom stereocenters. The van der Waals surface area contributed by atoms with E-state index in [1.807, 2.05) is 14.0 Å². The first-order valence-electron chi connectivity index (χ1n) is 5.95. The van der Waals surface area contributed by atoms with E-state index in [2.05, 4.69) is 23.9 Å². The Morgan fingerprint density at radius 2 is 2.00 bits per heavy atom. The highest BCUT2D eigenvalue weighted by atomic mass is 16.5. The third kappa shape index (κ3) is 8.58. The predicted molar refractivity (Wildman–Crippen MR) is 66.9 cm³/mol. The highest BCUT2D eigenvalue weighted by Gasteiger charge is 2.00. The van der Waals surface area contributed by atoms with Crippen molar-refractivity contribution in [2.24, 2.45) is 4.99 Å². The maximum atomic E-state index is 5.30. The summed E-state index contributed by atoms with van der Waals surface area (Å²) < 4.78 is 5.30. The minimum Gasteiger partial charge on any atom is -0.382 e. The van der Waals surface area contributed by atoms with E-state index >= 15 is 0 Å². The Balaban J connectivity index is 3.44. The smallest absolute Gasteiger partial charge is 0.0478 e. The normalized spacial score (nSPS) is 12.5. The standard InChI is InChI=1S/C12H26N2O/c1-5-12(13-3)8-10-14(4)9-7-11-15-6-2/h5-11H2,1-4H3/b13-12+. The molecule has 0 atom stereocenters. The Hall–Kier alpha value is -0.410. The molecule has 0 aliphatic carbocycles. The van der Waals surface area contributed by atoms with Gasteiger partial charge in [-0.15, -0.1) is 0 Å². The van der Waals surface area contributed by atoms with Gasteiger partial charge in [0.1, 0.15) is 0 Å². The molecular formula is C12H26N2O. The predicted octanol–water partition coefficient (Wildman–Crippen LogP) is 2.22. The van der Waals surface area contributed by atoms with Gasteiger partial charge in [-0.3, -0.25) is 4.99 Å². The fourth-order valence-corrected chi connectivity index (χ4v) is 1.46. The second kappa shape index (κ2) is 10.1. The quantitative estimate of drug-likeness (QED) is 0.434. The second-order valence-electron chi connectivity index (χ2n) is 3.75. The van der Waals surface area contributed by atoms with Crippen LogP contribution in [0.3, 0.4) is 0 Å². The molecule has 0 rings (SSSR count). The van der Waals surface area contributed by atoms with E-state index in [0.29, 0.717) is 0 Å². The van der Waals surface area contributed by atoms with Crippen molar-refractivity contribution >= 4 is 5.71 Å². The number of aliphatic imine (C=N–C) groups is 1. The van der Waals surface area contributed by atoms with Crippen molar-refractivity contribution in [1.29, 1.82) is 0 Å². The minimum atomic E-state index is 0.826. The number of hydrogen-bond donors (Lipinski definition) is 0.